The smallest absolute Gasteiger partial charge is 0.235 e. The van der Waals surface area contributed by atoms with E-state index in [2.05, 4.69) is 18.8 Å². The molecule has 34 heavy (non-hydrogen) atoms. The highest BCUT2D eigenvalue weighted by Crippen LogP contribution is 2.56. The van der Waals surface area contributed by atoms with Crippen LogP contribution in [0.15, 0.2) is 66.8 Å². The maximum Gasteiger partial charge on any atom is 0.235 e. The summed E-state index contributed by atoms with van der Waals surface area (Å²) in [7, 11) is 0. The SMILES string of the molecule is C=C1[C@@H](C)C2[C@H](Cc3ccccc3)NC(=O)[C@@]23C(=O)/C=C/[C@H](O)CCC[C@@H](C)C/C=C/C3[C@@H]1O. The fraction of sp³-hybridized carbons (Fsp3) is 0.517. The summed E-state index contributed by atoms with van der Waals surface area (Å²) in [6.07, 6.45) is 8.88. The van der Waals surface area contributed by atoms with Gasteiger partial charge in [-0.3, -0.25) is 9.59 Å². The Kier molecular flexibility index (Phi) is 7.25. The van der Waals surface area contributed by atoms with E-state index in [4.69, 9.17) is 0 Å². The molecule has 5 heteroatoms. The van der Waals surface area contributed by atoms with Crippen molar-refractivity contribution in [3.63, 3.8) is 0 Å². The molecule has 1 spiro atoms. The lowest BCUT2D eigenvalue weighted by atomic mass is 9.52. The first-order chi connectivity index (χ1) is 16.3. The van der Waals surface area contributed by atoms with E-state index in [9.17, 15) is 19.8 Å². The molecule has 2 unspecified atom stereocenters. The summed E-state index contributed by atoms with van der Waals surface area (Å²) in [6, 6.07) is 9.68. The van der Waals surface area contributed by atoms with Crippen LogP contribution in [-0.2, 0) is 16.0 Å². The van der Waals surface area contributed by atoms with Crippen molar-refractivity contribution in [2.45, 2.75) is 64.2 Å². The number of amides is 1. The third kappa shape index (κ3) is 4.32. The van der Waals surface area contributed by atoms with Crippen molar-refractivity contribution in [3.8, 4) is 0 Å². The first-order valence-electron chi connectivity index (χ1n) is 12.6. The van der Waals surface area contributed by atoms with Crippen LogP contribution in [-0.4, -0.2) is 40.2 Å². The second-order valence-corrected chi connectivity index (χ2v) is 10.5. The highest BCUT2D eigenvalue weighted by Gasteiger charge is 2.68. The number of nitrogens with one attached hydrogen (secondary N) is 1. The fourth-order valence-electron chi connectivity index (χ4n) is 6.37. The second kappa shape index (κ2) is 10.0. The third-order valence-corrected chi connectivity index (χ3v) is 8.28. The normalized spacial score (nSPS) is 40.7. The van der Waals surface area contributed by atoms with Crippen LogP contribution in [0.4, 0.5) is 0 Å². The lowest BCUT2D eigenvalue weighted by molar-refractivity contribution is -0.148. The van der Waals surface area contributed by atoms with Crippen LogP contribution in [0.3, 0.4) is 0 Å². The summed E-state index contributed by atoms with van der Waals surface area (Å²) in [6.45, 7) is 8.32. The van der Waals surface area contributed by atoms with E-state index in [0.29, 0.717) is 24.3 Å². The third-order valence-electron chi connectivity index (χ3n) is 8.28. The molecule has 1 aromatic rings. The molecule has 2 fully saturated rings. The molecule has 3 N–H and O–H groups in total. The number of aliphatic hydroxyl groups excluding tert-OH is 2. The highest BCUT2D eigenvalue weighted by molar-refractivity contribution is 6.13. The van der Waals surface area contributed by atoms with Gasteiger partial charge in [0.25, 0.3) is 0 Å². The molecule has 0 aromatic heterocycles. The van der Waals surface area contributed by atoms with E-state index in [1.54, 1.807) is 0 Å². The molecular weight excluding hydrogens is 426 g/mol. The van der Waals surface area contributed by atoms with Gasteiger partial charge in [0.1, 0.15) is 5.41 Å². The number of allylic oxidation sites excluding steroid dienone is 2. The highest BCUT2D eigenvalue weighted by atomic mass is 16.3. The van der Waals surface area contributed by atoms with Gasteiger partial charge in [0.15, 0.2) is 5.78 Å². The van der Waals surface area contributed by atoms with Gasteiger partial charge in [-0.15, -0.1) is 0 Å². The summed E-state index contributed by atoms with van der Waals surface area (Å²) in [4.78, 5) is 27.7. The zero-order valence-electron chi connectivity index (χ0n) is 20.2. The van der Waals surface area contributed by atoms with E-state index in [1.165, 1.54) is 12.2 Å². The Morgan fingerprint density at radius 2 is 1.82 bits per heavy atom. The molecule has 1 heterocycles. The van der Waals surface area contributed by atoms with Gasteiger partial charge in [-0.05, 0) is 48.3 Å². The van der Waals surface area contributed by atoms with Crippen molar-refractivity contribution in [1.82, 2.24) is 5.32 Å². The summed E-state index contributed by atoms with van der Waals surface area (Å²) in [5.41, 5.74) is 0.306. The first-order valence-corrected chi connectivity index (χ1v) is 12.6. The maximum atomic E-state index is 13.9. The molecule has 0 radical (unpaired) electrons. The lowest BCUT2D eigenvalue weighted by Gasteiger charge is -2.48. The fourth-order valence-corrected chi connectivity index (χ4v) is 6.37. The minimum atomic E-state index is -1.44. The Bertz CT molecular complexity index is 983. The Morgan fingerprint density at radius 3 is 2.56 bits per heavy atom. The molecule has 8 atom stereocenters. The topological polar surface area (TPSA) is 86.6 Å². The zero-order chi connectivity index (χ0) is 24.5. The largest absolute Gasteiger partial charge is 0.389 e. The van der Waals surface area contributed by atoms with Crippen LogP contribution >= 0.6 is 0 Å². The van der Waals surface area contributed by atoms with E-state index < -0.39 is 23.5 Å². The summed E-state index contributed by atoms with van der Waals surface area (Å²) in [5, 5.41) is 24.9. The quantitative estimate of drug-likeness (QED) is 0.460. The van der Waals surface area contributed by atoms with Gasteiger partial charge in [0.05, 0.1) is 12.2 Å². The van der Waals surface area contributed by atoms with Crippen molar-refractivity contribution in [2.75, 3.05) is 0 Å². The van der Waals surface area contributed by atoms with Gasteiger partial charge in [0.2, 0.25) is 5.91 Å². The van der Waals surface area contributed by atoms with Crippen molar-refractivity contribution < 1.29 is 19.8 Å². The second-order valence-electron chi connectivity index (χ2n) is 10.5. The molecule has 2 aliphatic carbocycles. The van der Waals surface area contributed by atoms with Gasteiger partial charge in [0, 0.05) is 17.9 Å². The molecule has 1 saturated carbocycles. The average molecular weight is 464 g/mol. The van der Waals surface area contributed by atoms with Crippen LogP contribution < -0.4 is 5.32 Å². The van der Waals surface area contributed by atoms with Crippen molar-refractivity contribution in [2.24, 2.45) is 29.1 Å². The minimum Gasteiger partial charge on any atom is -0.389 e. The molecule has 1 aliphatic heterocycles. The van der Waals surface area contributed by atoms with Crippen LogP contribution in [0.2, 0.25) is 0 Å². The number of hydrogen-bond acceptors (Lipinski definition) is 4. The lowest BCUT2D eigenvalue weighted by Crippen LogP contribution is -2.58. The van der Waals surface area contributed by atoms with E-state index >= 15 is 0 Å². The molecule has 1 saturated heterocycles. The predicted octanol–water partition coefficient (Wildman–Crippen LogP) is 3.77. The van der Waals surface area contributed by atoms with E-state index in [1.807, 2.05) is 49.4 Å². The molecule has 4 rings (SSSR count). The number of carbonyl (C=O) groups is 2. The number of benzene rings is 1. The number of carbonyl (C=O) groups excluding carboxylic acids is 2. The Labute approximate surface area is 202 Å². The number of hydrogen-bond donors (Lipinski definition) is 3. The maximum absolute atomic E-state index is 13.9. The van der Waals surface area contributed by atoms with Gasteiger partial charge < -0.3 is 15.5 Å². The van der Waals surface area contributed by atoms with Gasteiger partial charge in [-0.25, -0.2) is 0 Å². The zero-order valence-corrected chi connectivity index (χ0v) is 20.2. The molecule has 182 valence electrons. The number of aliphatic hydroxyl groups is 2. The van der Waals surface area contributed by atoms with Gasteiger partial charge in [-0.2, -0.15) is 0 Å². The number of rotatable bonds is 2. The number of ketones is 1. The summed E-state index contributed by atoms with van der Waals surface area (Å²) >= 11 is 0. The van der Waals surface area contributed by atoms with Crippen molar-refractivity contribution in [3.05, 3.63) is 72.4 Å². The monoisotopic (exact) mass is 463 g/mol. The standard InChI is InChI=1S/C29H37NO4/c1-18-9-7-13-22(31)15-16-25(32)29-23(14-8-10-18)27(33)20(3)19(2)26(29)24(30-28(29)34)17-21-11-5-4-6-12-21/h4-6,8,11-12,14-16,18-19,22-24,26-27,31,33H,3,7,9-10,13,17H2,1-2H3,(H,30,34)/b14-8+,16-15+/t18-,19-,22-,23?,24+,26?,27-,29+/m1/s1. The van der Waals surface area contributed by atoms with Crippen LogP contribution in [0.5, 0.6) is 0 Å². The average Bonchev–Trinajstić information content (AvgIpc) is 3.11. The van der Waals surface area contributed by atoms with Gasteiger partial charge >= 0.3 is 0 Å². The Balaban J connectivity index is 1.83. The van der Waals surface area contributed by atoms with Crippen LogP contribution in [0.1, 0.15) is 45.1 Å². The van der Waals surface area contributed by atoms with Crippen molar-refractivity contribution >= 4 is 11.7 Å². The Hall–Kier alpha value is -2.50. The van der Waals surface area contributed by atoms with E-state index in [-0.39, 0.29) is 29.6 Å². The molecule has 0 bridgehead atoms. The summed E-state index contributed by atoms with van der Waals surface area (Å²) < 4.78 is 0. The Morgan fingerprint density at radius 1 is 1.09 bits per heavy atom. The van der Waals surface area contributed by atoms with Crippen molar-refractivity contribution in [1.29, 1.82) is 0 Å². The van der Waals surface area contributed by atoms with Crippen LogP contribution in [0.25, 0.3) is 0 Å². The molecule has 1 amide bonds. The predicted molar refractivity (Wildman–Crippen MR) is 133 cm³/mol. The molecule has 1 aromatic carbocycles. The molecule has 5 nitrogen and oxygen atoms in total. The van der Waals surface area contributed by atoms with Gasteiger partial charge in [-0.1, -0.05) is 81.8 Å². The molecule has 3 aliphatic rings. The van der Waals surface area contributed by atoms with Crippen LogP contribution in [0, 0.1) is 29.1 Å². The summed E-state index contributed by atoms with van der Waals surface area (Å²) in [5.74, 6) is -1.57. The molecular formula is C29H37NO4. The minimum absolute atomic E-state index is 0.232. The van der Waals surface area contributed by atoms with E-state index in [0.717, 1.165) is 24.8 Å². The first kappa shape index (κ1) is 24.6.